The van der Waals surface area contributed by atoms with Crippen LogP contribution in [-0.2, 0) is 14.3 Å². The predicted molar refractivity (Wildman–Crippen MR) is 324 cm³/mol. The van der Waals surface area contributed by atoms with Crippen molar-refractivity contribution in [1.29, 1.82) is 0 Å². The largest absolute Gasteiger partial charge is 0.466 e. The molecule has 0 saturated carbocycles. The lowest BCUT2D eigenvalue weighted by atomic mass is 10.0. The second kappa shape index (κ2) is 63.6. The topological polar surface area (TPSA) is 95.9 Å². The number of esters is 1. The molecule has 74 heavy (non-hydrogen) atoms. The standard InChI is InChI=1S/C68H129NO5/c1-3-5-7-9-11-13-15-17-18-19-20-21-25-28-31-34-37-40-44-48-52-56-60-66(71)65(64-70)69-67(72)61-57-53-49-45-41-38-35-32-29-26-23-22-24-27-30-33-36-39-43-47-51-55-59-63-74-68(73)62-58-54-50-46-42-16-14-12-10-8-6-4-2/h22,24,26,29,56,60,65-66,70-71H,3-21,23,25,27-28,30-55,57-59,61-64H2,1-2H3,(H,69,72)/b24-22-,29-26-,60-56+. The van der Waals surface area contributed by atoms with Crippen molar-refractivity contribution in [3.05, 3.63) is 36.5 Å². The van der Waals surface area contributed by atoms with Crippen molar-refractivity contribution < 1.29 is 24.5 Å². The van der Waals surface area contributed by atoms with Gasteiger partial charge >= 0.3 is 5.97 Å². The van der Waals surface area contributed by atoms with Gasteiger partial charge in [0.25, 0.3) is 0 Å². The number of carbonyl (C=O) groups is 2. The molecule has 0 aromatic heterocycles. The summed E-state index contributed by atoms with van der Waals surface area (Å²) in [5.41, 5.74) is 0. The van der Waals surface area contributed by atoms with Crippen LogP contribution in [0.5, 0.6) is 0 Å². The normalized spacial score (nSPS) is 12.8. The SMILES string of the molecule is CCCCCCCCCCCCCCCCCCCCCC/C=C/C(O)C(CO)NC(=O)CCCCCCCCC/C=C\C/C=C\CCCCCCCCCCCOC(=O)CCCCCCCCCCCCCC. The van der Waals surface area contributed by atoms with Gasteiger partial charge in [-0.1, -0.05) is 320 Å². The van der Waals surface area contributed by atoms with E-state index < -0.39 is 12.1 Å². The van der Waals surface area contributed by atoms with E-state index in [0.717, 1.165) is 57.8 Å². The molecule has 0 rings (SSSR count). The second-order valence-corrected chi connectivity index (χ2v) is 22.8. The summed E-state index contributed by atoms with van der Waals surface area (Å²) in [6, 6.07) is -0.637. The maximum atomic E-state index is 12.5. The molecule has 3 N–H and O–H groups in total. The van der Waals surface area contributed by atoms with Crippen LogP contribution >= 0.6 is 0 Å². The van der Waals surface area contributed by atoms with Crippen molar-refractivity contribution in [2.24, 2.45) is 0 Å². The quantitative estimate of drug-likeness (QED) is 0.0320. The molecule has 6 nitrogen and oxygen atoms in total. The molecule has 0 spiro atoms. The van der Waals surface area contributed by atoms with Crippen molar-refractivity contribution in [2.75, 3.05) is 13.2 Å². The van der Waals surface area contributed by atoms with Gasteiger partial charge in [0, 0.05) is 12.8 Å². The summed E-state index contributed by atoms with van der Waals surface area (Å²) in [5, 5.41) is 23.2. The van der Waals surface area contributed by atoms with E-state index in [1.54, 1.807) is 6.08 Å². The minimum atomic E-state index is -0.852. The highest BCUT2D eigenvalue weighted by molar-refractivity contribution is 5.76. The van der Waals surface area contributed by atoms with Gasteiger partial charge in [-0.25, -0.2) is 0 Å². The van der Waals surface area contributed by atoms with E-state index in [9.17, 15) is 19.8 Å². The van der Waals surface area contributed by atoms with Crippen LogP contribution in [0.3, 0.4) is 0 Å². The van der Waals surface area contributed by atoms with Crippen LogP contribution in [0, 0.1) is 0 Å². The molecule has 6 heteroatoms. The minimum absolute atomic E-state index is 0.00750. The number of carbonyl (C=O) groups excluding carboxylic acids is 2. The van der Waals surface area contributed by atoms with Crippen molar-refractivity contribution in [3.63, 3.8) is 0 Å². The number of rotatable bonds is 62. The smallest absolute Gasteiger partial charge is 0.305 e. The molecule has 2 atom stereocenters. The molecule has 0 saturated heterocycles. The Morgan fingerprint density at radius 2 is 0.676 bits per heavy atom. The summed E-state index contributed by atoms with van der Waals surface area (Å²) in [4.78, 5) is 24.5. The molecule has 0 fully saturated rings. The van der Waals surface area contributed by atoms with E-state index >= 15 is 0 Å². The van der Waals surface area contributed by atoms with E-state index in [0.29, 0.717) is 19.4 Å². The molecule has 1 amide bonds. The predicted octanol–water partition coefficient (Wildman–Crippen LogP) is 21.1. The Labute approximate surface area is 462 Å². The highest BCUT2D eigenvalue weighted by Crippen LogP contribution is 2.18. The first-order valence-electron chi connectivity index (χ1n) is 33.3. The number of amides is 1. The first-order chi connectivity index (χ1) is 36.5. The van der Waals surface area contributed by atoms with Gasteiger partial charge in [0.2, 0.25) is 5.91 Å². The molecular weight excluding hydrogens is 911 g/mol. The van der Waals surface area contributed by atoms with Crippen LogP contribution in [0.15, 0.2) is 36.5 Å². The van der Waals surface area contributed by atoms with Crippen LogP contribution < -0.4 is 5.32 Å². The molecular formula is C68H129NO5. The summed E-state index contributed by atoms with van der Waals surface area (Å²) in [6.45, 7) is 4.92. The first kappa shape index (κ1) is 72.1. The van der Waals surface area contributed by atoms with Crippen LogP contribution in [-0.4, -0.2) is 47.4 Å². The number of hydrogen-bond donors (Lipinski definition) is 3. The molecule has 436 valence electrons. The molecule has 0 aliphatic rings. The Balaban J connectivity index is 3.48. The number of allylic oxidation sites excluding steroid dienone is 5. The molecule has 0 aromatic rings. The summed E-state index contributed by atoms with van der Waals surface area (Å²) in [7, 11) is 0. The molecule has 2 unspecified atom stereocenters. The van der Waals surface area contributed by atoms with Crippen LogP contribution in [0.4, 0.5) is 0 Å². The summed E-state index contributed by atoms with van der Waals surface area (Å²) >= 11 is 0. The van der Waals surface area contributed by atoms with Gasteiger partial charge in [-0.2, -0.15) is 0 Å². The van der Waals surface area contributed by atoms with Gasteiger partial charge in [0.05, 0.1) is 25.4 Å². The number of nitrogens with one attached hydrogen (secondary N) is 1. The average Bonchev–Trinajstić information content (AvgIpc) is 3.40. The van der Waals surface area contributed by atoms with Crippen molar-refractivity contribution in [2.45, 2.75) is 373 Å². The maximum Gasteiger partial charge on any atom is 0.305 e. The molecule has 0 radical (unpaired) electrons. The van der Waals surface area contributed by atoms with E-state index in [2.05, 4.69) is 43.5 Å². The van der Waals surface area contributed by atoms with Gasteiger partial charge in [-0.05, 0) is 64.2 Å². The van der Waals surface area contributed by atoms with Crippen LogP contribution in [0.1, 0.15) is 361 Å². The second-order valence-electron chi connectivity index (χ2n) is 22.8. The molecule has 0 bridgehead atoms. The Morgan fingerprint density at radius 1 is 0.378 bits per heavy atom. The molecule has 0 aromatic carbocycles. The van der Waals surface area contributed by atoms with Gasteiger partial charge < -0.3 is 20.3 Å². The lowest BCUT2D eigenvalue weighted by Crippen LogP contribution is -2.45. The van der Waals surface area contributed by atoms with Crippen LogP contribution in [0.2, 0.25) is 0 Å². The fraction of sp³-hybridized carbons (Fsp3) is 0.882. The molecule has 0 heterocycles. The van der Waals surface area contributed by atoms with Gasteiger partial charge in [-0.3, -0.25) is 9.59 Å². The molecule has 0 aliphatic carbocycles. The highest BCUT2D eigenvalue weighted by Gasteiger charge is 2.18. The van der Waals surface area contributed by atoms with Crippen molar-refractivity contribution >= 4 is 11.9 Å². The van der Waals surface area contributed by atoms with Gasteiger partial charge in [0.1, 0.15) is 0 Å². The Kier molecular flexibility index (Phi) is 62.0. The highest BCUT2D eigenvalue weighted by atomic mass is 16.5. The lowest BCUT2D eigenvalue weighted by Gasteiger charge is -2.20. The van der Waals surface area contributed by atoms with Crippen molar-refractivity contribution in [1.82, 2.24) is 5.32 Å². The fourth-order valence-electron chi connectivity index (χ4n) is 10.3. The van der Waals surface area contributed by atoms with Gasteiger partial charge in [-0.15, -0.1) is 0 Å². The Hall–Kier alpha value is -1.92. The third-order valence-electron chi connectivity index (χ3n) is 15.4. The number of aliphatic hydroxyl groups excluding tert-OH is 2. The summed E-state index contributed by atoms with van der Waals surface area (Å²) < 4.78 is 5.47. The number of ether oxygens (including phenoxy) is 1. The average molecular weight is 1040 g/mol. The van der Waals surface area contributed by atoms with Crippen molar-refractivity contribution in [3.8, 4) is 0 Å². The summed E-state index contributed by atoms with van der Waals surface area (Å²) in [6.07, 6.45) is 80.6. The third-order valence-corrected chi connectivity index (χ3v) is 15.4. The fourth-order valence-corrected chi connectivity index (χ4v) is 10.3. The Morgan fingerprint density at radius 3 is 1.03 bits per heavy atom. The maximum absolute atomic E-state index is 12.5. The zero-order valence-corrected chi connectivity index (χ0v) is 49.8. The number of hydrogen-bond acceptors (Lipinski definition) is 5. The van der Waals surface area contributed by atoms with E-state index in [1.807, 2.05) is 6.08 Å². The Bertz CT molecular complexity index is 1200. The minimum Gasteiger partial charge on any atom is -0.466 e. The lowest BCUT2D eigenvalue weighted by molar-refractivity contribution is -0.143. The molecule has 0 aliphatic heterocycles. The van der Waals surface area contributed by atoms with E-state index in [4.69, 9.17) is 4.74 Å². The third kappa shape index (κ3) is 59.3. The monoisotopic (exact) mass is 1040 g/mol. The van der Waals surface area contributed by atoms with E-state index in [-0.39, 0.29) is 18.5 Å². The zero-order chi connectivity index (χ0) is 53.6. The van der Waals surface area contributed by atoms with Crippen LogP contribution in [0.25, 0.3) is 0 Å². The zero-order valence-electron chi connectivity index (χ0n) is 49.8. The first-order valence-corrected chi connectivity index (χ1v) is 33.3. The van der Waals surface area contributed by atoms with E-state index in [1.165, 1.54) is 276 Å². The number of aliphatic hydroxyl groups is 2. The number of unbranched alkanes of at least 4 members (excludes halogenated alkanes) is 47. The van der Waals surface area contributed by atoms with Gasteiger partial charge in [0.15, 0.2) is 0 Å². The summed E-state index contributed by atoms with van der Waals surface area (Å²) in [5.74, 6) is -0.0678.